The number of halogens is 3. The summed E-state index contributed by atoms with van der Waals surface area (Å²) in [7, 11) is 1.83. The van der Waals surface area contributed by atoms with Crippen molar-refractivity contribution in [2.45, 2.75) is 12.5 Å². The molecule has 0 amide bonds. The molecule has 2 nitrogen and oxygen atoms in total. The molecule has 0 saturated carbocycles. The molecule has 1 aromatic heterocycles. The highest BCUT2D eigenvalue weighted by Gasteiger charge is 2.14. The normalized spacial score (nSPS) is 12.4. The second-order valence-electron chi connectivity index (χ2n) is 4.18. The lowest BCUT2D eigenvalue weighted by Crippen LogP contribution is -2.20. The van der Waals surface area contributed by atoms with Crippen LogP contribution in [-0.2, 0) is 6.42 Å². The van der Waals surface area contributed by atoms with Gasteiger partial charge < -0.3 is 5.32 Å². The third-order valence-corrected chi connectivity index (χ3v) is 3.60. The van der Waals surface area contributed by atoms with Crippen molar-refractivity contribution in [3.8, 4) is 0 Å². The Bertz CT molecular complexity index is 560. The molecule has 2 aromatic rings. The summed E-state index contributed by atoms with van der Waals surface area (Å²) < 4.78 is 14.6. The lowest BCUT2D eigenvalue weighted by Gasteiger charge is -2.16. The summed E-state index contributed by atoms with van der Waals surface area (Å²) in [5.74, 6) is -0.211. The van der Waals surface area contributed by atoms with Gasteiger partial charge in [-0.15, -0.1) is 0 Å². The van der Waals surface area contributed by atoms with E-state index in [1.165, 1.54) is 6.07 Å². The summed E-state index contributed by atoms with van der Waals surface area (Å²) in [5, 5.41) is 3.74. The third kappa shape index (κ3) is 3.75. The third-order valence-electron chi connectivity index (χ3n) is 2.89. The Labute approximate surface area is 125 Å². The zero-order valence-electron chi connectivity index (χ0n) is 10.3. The second-order valence-corrected chi connectivity index (χ2v) is 5.53. The van der Waals surface area contributed by atoms with Gasteiger partial charge in [0.1, 0.15) is 5.82 Å². The van der Waals surface area contributed by atoms with E-state index in [0.29, 0.717) is 17.0 Å². The summed E-state index contributed by atoms with van der Waals surface area (Å²) in [6.07, 6.45) is 2.12. The van der Waals surface area contributed by atoms with Crippen molar-refractivity contribution >= 4 is 27.5 Å². The van der Waals surface area contributed by atoms with Crippen LogP contribution in [0.1, 0.15) is 17.3 Å². The molecule has 100 valence electrons. The molecule has 0 bridgehead atoms. The molecule has 0 spiro atoms. The van der Waals surface area contributed by atoms with Crippen LogP contribution >= 0.6 is 27.5 Å². The molecule has 1 heterocycles. The number of hydrogen-bond acceptors (Lipinski definition) is 2. The van der Waals surface area contributed by atoms with Gasteiger partial charge >= 0.3 is 0 Å². The average molecular weight is 344 g/mol. The summed E-state index contributed by atoms with van der Waals surface area (Å²) in [5.41, 5.74) is 1.48. The molecule has 5 heteroatoms. The highest BCUT2D eigenvalue weighted by Crippen LogP contribution is 2.22. The van der Waals surface area contributed by atoms with Gasteiger partial charge in [-0.05, 0) is 49.4 Å². The van der Waals surface area contributed by atoms with Crippen LogP contribution in [0.4, 0.5) is 4.39 Å². The minimum atomic E-state index is -0.211. The van der Waals surface area contributed by atoms with E-state index in [-0.39, 0.29) is 11.9 Å². The quantitative estimate of drug-likeness (QED) is 0.902. The van der Waals surface area contributed by atoms with Crippen LogP contribution in [-0.4, -0.2) is 12.0 Å². The highest BCUT2D eigenvalue weighted by molar-refractivity contribution is 9.10. The Kier molecular flexibility index (Phi) is 4.91. The van der Waals surface area contributed by atoms with Crippen LogP contribution < -0.4 is 5.32 Å². The van der Waals surface area contributed by atoms with Crippen LogP contribution in [0.25, 0.3) is 0 Å². The molecule has 1 N–H and O–H groups in total. The maximum Gasteiger partial charge on any atom is 0.126 e. The largest absolute Gasteiger partial charge is 0.311 e. The molecule has 1 aromatic carbocycles. The number of nitrogens with zero attached hydrogens (tertiary/aromatic N) is 1. The lowest BCUT2D eigenvalue weighted by atomic mass is 10.0. The molecule has 0 saturated heterocycles. The van der Waals surface area contributed by atoms with Crippen LogP contribution in [0.15, 0.2) is 41.0 Å². The standard InChI is InChI=1S/C14H13BrClFN2/c1-18-14(13-5-3-11(16)8-19-13)7-9-6-10(15)2-4-12(9)17/h2-6,8,14,18H,7H2,1H3. The smallest absolute Gasteiger partial charge is 0.126 e. The Balaban J connectivity index is 2.23. The second kappa shape index (κ2) is 6.46. The van der Waals surface area contributed by atoms with E-state index in [0.717, 1.165) is 10.2 Å². The topological polar surface area (TPSA) is 24.9 Å². The van der Waals surface area contributed by atoms with E-state index >= 15 is 0 Å². The fourth-order valence-corrected chi connectivity index (χ4v) is 2.39. The summed E-state index contributed by atoms with van der Waals surface area (Å²) in [6, 6.07) is 8.51. The Morgan fingerprint density at radius 3 is 2.79 bits per heavy atom. The molecule has 1 atom stereocenters. The minimum absolute atomic E-state index is 0.0546. The Hall–Kier alpha value is -0.970. The zero-order chi connectivity index (χ0) is 13.8. The number of benzene rings is 1. The van der Waals surface area contributed by atoms with Crippen LogP contribution in [0.3, 0.4) is 0 Å². The van der Waals surface area contributed by atoms with Gasteiger partial charge in [-0.1, -0.05) is 27.5 Å². The Morgan fingerprint density at radius 1 is 1.37 bits per heavy atom. The van der Waals surface area contributed by atoms with E-state index in [1.807, 2.05) is 13.1 Å². The molecule has 0 radical (unpaired) electrons. The minimum Gasteiger partial charge on any atom is -0.311 e. The first-order valence-electron chi connectivity index (χ1n) is 5.83. The number of likely N-dealkylation sites (N-methyl/N-ethyl adjacent to an activating group) is 1. The number of hydrogen-bond donors (Lipinski definition) is 1. The maximum atomic E-state index is 13.8. The van der Waals surface area contributed by atoms with E-state index < -0.39 is 0 Å². The molecule has 0 aliphatic heterocycles. The summed E-state index contributed by atoms with van der Waals surface area (Å²) in [4.78, 5) is 4.27. The molecule has 0 fully saturated rings. The van der Waals surface area contributed by atoms with Gasteiger partial charge in [0, 0.05) is 10.7 Å². The molecule has 0 aliphatic rings. The van der Waals surface area contributed by atoms with Crippen molar-refractivity contribution in [1.29, 1.82) is 0 Å². The average Bonchev–Trinajstić information content (AvgIpc) is 2.41. The van der Waals surface area contributed by atoms with E-state index in [4.69, 9.17) is 11.6 Å². The van der Waals surface area contributed by atoms with Crippen molar-refractivity contribution in [2.75, 3.05) is 7.05 Å². The van der Waals surface area contributed by atoms with E-state index in [1.54, 1.807) is 24.4 Å². The van der Waals surface area contributed by atoms with Gasteiger partial charge in [-0.2, -0.15) is 0 Å². The highest BCUT2D eigenvalue weighted by atomic mass is 79.9. The predicted molar refractivity (Wildman–Crippen MR) is 78.9 cm³/mol. The van der Waals surface area contributed by atoms with Gasteiger partial charge in [-0.25, -0.2) is 4.39 Å². The lowest BCUT2D eigenvalue weighted by molar-refractivity contribution is 0.544. The molecule has 1 unspecified atom stereocenters. The number of nitrogens with one attached hydrogen (secondary N) is 1. The monoisotopic (exact) mass is 342 g/mol. The Morgan fingerprint density at radius 2 is 2.16 bits per heavy atom. The van der Waals surface area contributed by atoms with Crippen molar-refractivity contribution < 1.29 is 4.39 Å². The number of pyridine rings is 1. The van der Waals surface area contributed by atoms with Crippen molar-refractivity contribution in [2.24, 2.45) is 0 Å². The molecule has 19 heavy (non-hydrogen) atoms. The van der Waals surface area contributed by atoms with Crippen LogP contribution in [0.2, 0.25) is 5.02 Å². The first kappa shape index (κ1) is 14.4. The van der Waals surface area contributed by atoms with E-state index in [2.05, 4.69) is 26.2 Å². The van der Waals surface area contributed by atoms with Crippen LogP contribution in [0, 0.1) is 5.82 Å². The molecular weight excluding hydrogens is 331 g/mol. The summed E-state index contributed by atoms with van der Waals surface area (Å²) in [6.45, 7) is 0. The number of rotatable bonds is 4. The SMILES string of the molecule is CNC(Cc1cc(Br)ccc1F)c1ccc(Cl)cn1. The summed E-state index contributed by atoms with van der Waals surface area (Å²) >= 11 is 9.17. The zero-order valence-corrected chi connectivity index (χ0v) is 12.7. The number of aromatic nitrogens is 1. The van der Waals surface area contributed by atoms with Gasteiger partial charge in [0.25, 0.3) is 0 Å². The van der Waals surface area contributed by atoms with Crippen molar-refractivity contribution in [3.63, 3.8) is 0 Å². The van der Waals surface area contributed by atoms with Gasteiger partial charge in [-0.3, -0.25) is 4.98 Å². The fraction of sp³-hybridized carbons (Fsp3) is 0.214. The van der Waals surface area contributed by atoms with E-state index in [9.17, 15) is 4.39 Å². The predicted octanol–water partition coefficient (Wildman–Crippen LogP) is 4.14. The molecular formula is C14H13BrClFN2. The first-order chi connectivity index (χ1) is 9.10. The van der Waals surface area contributed by atoms with Gasteiger partial charge in [0.05, 0.1) is 16.8 Å². The van der Waals surface area contributed by atoms with Crippen LogP contribution in [0.5, 0.6) is 0 Å². The fourth-order valence-electron chi connectivity index (χ4n) is 1.87. The van der Waals surface area contributed by atoms with Gasteiger partial charge in [0.15, 0.2) is 0 Å². The molecule has 2 rings (SSSR count). The molecule has 0 aliphatic carbocycles. The van der Waals surface area contributed by atoms with Crippen molar-refractivity contribution in [1.82, 2.24) is 10.3 Å². The maximum absolute atomic E-state index is 13.8. The van der Waals surface area contributed by atoms with Gasteiger partial charge in [0.2, 0.25) is 0 Å². The van der Waals surface area contributed by atoms with Crippen molar-refractivity contribution in [3.05, 3.63) is 63.1 Å². The first-order valence-corrected chi connectivity index (χ1v) is 7.00.